The van der Waals surface area contributed by atoms with Gasteiger partial charge in [-0.05, 0) is 62.1 Å². The first-order valence-electron chi connectivity index (χ1n) is 15.2. The minimum Gasteiger partial charge on any atom is -0.309 e. The molecule has 0 amide bonds. The molecule has 0 unspecified atom stereocenters. The van der Waals surface area contributed by atoms with Crippen LogP contribution in [0.5, 0.6) is 0 Å². The Bertz CT molecular complexity index is 2580. The topological polar surface area (TPSA) is 17.1 Å². The monoisotopic (exact) mass is 610 g/mol. The van der Waals surface area contributed by atoms with E-state index in [2.05, 4.69) is 103 Å². The summed E-state index contributed by atoms with van der Waals surface area (Å²) >= 11 is 1.88. The summed E-state index contributed by atoms with van der Waals surface area (Å²) in [5.41, 5.74) is 2.49. The maximum absolute atomic E-state index is 15.0. The van der Waals surface area contributed by atoms with Gasteiger partial charge in [-0.3, -0.25) is 0 Å². The lowest BCUT2D eigenvalue weighted by Crippen LogP contribution is -2.24. The number of benzene rings is 8. The van der Waals surface area contributed by atoms with Crippen molar-refractivity contribution in [3.8, 4) is 11.1 Å². The van der Waals surface area contributed by atoms with Crippen LogP contribution in [0.15, 0.2) is 164 Å². The van der Waals surface area contributed by atoms with Gasteiger partial charge >= 0.3 is 0 Å². The van der Waals surface area contributed by atoms with Crippen molar-refractivity contribution < 1.29 is 4.57 Å². The third kappa shape index (κ3) is 4.11. The van der Waals surface area contributed by atoms with Crippen molar-refractivity contribution in [2.45, 2.75) is 0 Å². The summed E-state index contributed by atoms with van der Waals surface area (Å²) in [6.07, 6.45) is 0. The highest BCUT2D eigenvalue weighted by Gasteiger charge is 2.29. The molecule has 0 atom stereocenters. The normalized spacial score (nSPS) is 12.1. The summed E-state index contributed by atoms with van der Waals surface area (Å²) in [5.74, 6) is 0. The fourth-order valence-corrected chi connectivity index (χ4v) is 10.9. The van der Waals surface area contributed by atoms with E-state index in [1.807, 2.05) is 72.0 Å². The Morgan fingerprint density at radius 1 is 0.422 bits per heavy atom. The first kappa shape index (κ1) is 26.4. The minimum atomic E-state index is -3.04. The predicted octanol–water partition coefficient (Wildman–Crippen LogP) is 10.8. The van der Waals surface area contributed by atoms with E-state index in [0.717, 1.165) is 21.3 Å². The van der Waals surface area contributed by atoms with Gasteiger partial charge in [0.25, 0.3) is 0 Å². The third-order valence-electron chi connectivity index (χ3n) is 9.10. The van der Waals surface area contributed by atoms with Crippen molar-refractivity contribution in [1.29, 1.82) is 0 Å². The zero-order valence-electron chi connectivity index (χ0n) is 24.4. The zero-order chi connectivity index (χ0) is 30.0. The Labute approximate surface area is 265 Å². The van der Waals surface area contributed by atoms with E-state index < -0.39 is 7.14 Å². The Morgan fingerprint density at radius 3 is 1.73 bits per heavy atom. The van der Waals surface area contributed by atoms with Crippen molar-refractivity contribution in [3.63, 3.8) is 0 Å². The van der Waals surface area contributed by atoms with Crippen LogP contribution < -0.4 is 15.9 Å². The van der Waals surface area contributed by atoms with Crippen LogP contribution in [0.1, 0.15) is 0 Å². The summed E-state index contributed by atoms with van der Waals surface area (Å²) in [4.78, 5) is 0. The second-order valence-corrected chi connectivity index (χ2v) is 15.5. The van der Waals surface area contributed by atoms with E-state index in [0.29, 0.717) is 0 Å². The largest absolute Gasteiger partial charge is 0.309 e. The van der Waals surface area contributed by atoms with Crippen molar-refractivity contribution in [1.82, 2.24) is 0 Å². The number of rotatable bonds is 4. The van der Waals surface area contributed by atoms with Gasteiger partial charge < -0.3 is 4.57 Å². The average molecular weight is 611 g/mol. The molecule has 0 aliphatic heterocycles. The first-order chi connectivity index (χ1) is 22.2. The number of fused-ring (bicyclic) bond motifs is 8. The highest BCUT2D eigenvalue weighted by molar-refractivity contribution is 7.85. The van der Waals surface area contributed by atoms with E-state index in [4.69, 9.17) is 0 Å². The van der Waals surface area contributed by atoms with Gasteiger partial charge in [0.2, 0.25) is 0 Å². The number of hydrogen-bond acceptors (Lipinski definition) is 2. The van der Waals surface area contributed by atoms with Crippen molar-refractivity contribution in [3.05, 3.63) is 164 Å². The molecule has 8 aromatic carbocycles. The molecule has 1 heterocycles. The molecule has 0 saturated heterocycles. The molecule has 1 nitrogen and oxygen atoms in total. The summed E-state index contributed by atoms with van der Waals surface area (Å²) in [5, 5.41) is 12.4. The summed E-state index contributed by atoms with van der Waals surface area (Å²) in [7, 11) is -3.04. The van der Waals surface area contributed by atoms with E-state index >= 15 is 0 Å². The quantitative estimate of drug-likeness (QED) is 0.143. The fourth-order valence-electron chi connectivity index (χ4n) is 6.93. The van der Waals surface area contributed by atoms with Gasteiger partial charge in [0.1, 0.15) is 0 Å². The molecule has 0 fully saturated rings. The third-order valence-corrected chi connectivity index (χ3v) is 13.4. The van der Waals surface area contributed by atoms with Crippen LogP contribution in [0, 0.1) is 0 Å². The van der Waals surface area contributed by atoms with Crippen LogP contribution in [-0.2, 0) is 4.57 Å². The minimum absolute atomic E-state index is 0.851. The van der Waals surface area contributed by atoms with E-state index in [-0.39, 0.29) is 0 Å². The molecule has 45 heavy (non-hydrogen) atoms. The van der Waals surface area contributed by atoms with Crippen molar-refractivity contribution in [2.75, 3.05) is 0 Å². The maximum atomic E-state index is 15.0. The molecular weight excluding hydrogens is 584 g/mol. The molecule has 9 aromatic rings. The SMILES string of the molecule is O=P(c1ccccc1)(c1ccccc1)c1ccc2c(ccc3cc(-c4cc5ccccc5c5c4sc4ccccc45)ccc32)c1. The standard InChI is InChI=1S/C42H27OPS/c43-44(32-12-3-1-4-13-32,33-14-5-2-6-15-33)34-22-24-36-31(26-34)20-19-29-25-30(21-23-35(29)36)39-27-28-11-7-8-16-37(28)41-38-17-9-10-18-40(38)45-42(39)41/h1-27H. The number of hydrogen-bond donors (Lipinski definition) is 0. The molecule has 9 rings (SSSR count). The van der Waals surface area contributed by atoms with Crippen LogP contribution >= 0.6 is 18.5 Å². The van der Waals surface area contributed by atoms with Gasteiger partial charge in [0.15, 0.2) is 7.14 Å². The molecule has 1 aromatic heterocycles. The highest BCUT2D eigenvalue weighted by atomic mass is 32.1. The molecule has 0 saturated carbocycles. The Balaban J connectivity index is 1.22. The van der Waals surface area contributed by atoms with Crippen molar-refractivity contribution in [2.24, 2.45) is 0 Å². The van der Waals surface area contributed by atoms with E-state index in [1.54, 1.807) is 0 Å². The van der Waals surface area contributed by atoms with Crippen LogP contribution in [0.4, 0.5) is 0 Å². The van der Waals surface area contributed by atoms with E-state index in [1.165, 1.54) is 58.2 Å². The molecule has 212 valence electrons. The molecule has 0 radical (unpaired) electrons. The Morgan fingerprint density at radius 2 is 1.00 bits per heavy atom. The Kier molecular flexibility index (Phi) is 6.03. The second-order valence-electron chi connectivity index (χ2n) is 11.6. The highest BCUT2D eigenvalue weighted by Crippen LogP contribution is 2.46. The first-order valence-corrected chi connectivity index (χ1v) is 17.7. The molecule has 0 bridgehead atoms. The maximum Gasteiger partial charge on any atom is 0.171 e. The van der Waals surface area contributed by atoms with Crippen LogP contribution in [0.3, 0.4) is 0 Å². The summed E-state index contributed by atoms with van der Waals surface area (Å²) in [6, 6.07) is 57.2. The lowest BCUT2D eigenvalue weighted by atomic mass is 9.94. The van der Waals surface area contributed by atoms with Gasteiger partial charge in [-0.15, -0.1) is 11.3 Å². The fraction of sp³-hybridized carbons (Fsp3) is 0. The van der Waals surface area contributed by atoms with Crippen molar-refractivity contribution >= 4 is 86.9 Å². The van der Waals surface area contributed by atoms with E-state index in [9.17, 15) is 4.57 Å². The van der Waals surface area contributed by atoms with Gasteiger partial charge in [0, 0.05) is 41.6 Å². The molecular formula is C42H27OPS. The Hall–Kier alpha value is -5.01. The van der Waals surface area contributed by atoms with Gasteiger partial charge in [-0.25, -0.2) is 0 Å². The lowest BCUT2D eigenvalue weighted by Gasteiger charge is -2.20. The average Bonchev–Trinajstić information content (AvgIpc) is 3.51. The molecule has 0 aliphatic rings. The van der Waals surface area contributed by atoms with Crippen LogP contribution in [-0.4, -0.2) is 0 Å². The summed E-state index contributed by atoms with van der Waals surface area (Å²) < 4.78 is 17.6. The molecule has 0 aliphatic carbocycles. The van der Waals surface area contributed by atoms with Gasteiger partial charge in [-0.1, -0.05) is 140 Å². The van der Waals surface area contributed by atoms with Gasteiger partial charge in [0.05, 0.1) is 0 Å². The lowest BCUT2D eigenvalue weighted by molar-refractivity contribution is 0.592. The number of thiophene rings is 1. The van der Waals surface area contributed by atoms with Gasteiger partial charge in [-0.2, -0.15) is 0 Å². The van der Waals surface area contributed by atoms with Crippen LogP contribution in [0.25, 0.3) is 63.6 Å². The zero-order valence-corrected chi connectivity index (χ0v) is 26.1. The second kappa shape index (κ2) is 10.3. The van der Waals surface area contributed by atoms with Crippen LogP contribution in [0.2, 0.25) is 0 Å². The molecule has 0 N–H and O–H groups in total. The predicted molar refractivity (Wildman–Crippen MR) is 197 cm³/mol. The smallest absolute Gasteiger partial charge is 0.171 e. The molecule has 0 spiro atoms. The molecule has 3 heteroatoms. The summed E-state index contributed by atoms with van der Waals surface area (Å²) in [6.45, 7) is 0.